The minimum atomic E-state index is 0.385. The third-order valence-electron chi connectivity index (χ3n) is 2.11. The molecule has 0 saturated heterocycles. The number of rotatable bonds is 3. The van der Waals surface area contributed by atoms with Crippen molar-refractivity contribution in [2.45, 2.75) is 6.54 Å². The molecule has 17 heavy (non-hydrogen) atoms. The highest BCUT2D eigenvalue weighted by Gasteiger charge is 2.05. The molecule has 0 N–H and O–H groups in total. The molecule has 2 aromatic rings. The maximum absolute atomic E-state index is 5.93. The Morgan fingerprint density at radius 3 is 2.65 bits per heavy atom. The summed E-state index contributed by atoms with van der Waals surface area (Å²) >= 11 is 16.2. The van der Waals surface area contributed by atoms with E-state index in [4.69, 9.17) is 23.2 Å². The lowest BCUT2D eigenvalue weighted by Gasteiger charge is -2.01. The fourth-order valence-electron chi connectivity index (χ4n) is 1.36. The van der Waals surface area contributed by atoms with Crippen LogP contribution >= 0.6 is 35.4 Å². The van der Waals surface area contributed by atoms with Crippen molar-refractivity contribution in [3.63, 3.8) is 0 Å². The van der Waals surface area contributed by atoms with Gasteiger partial charge in [-0.1, -0.05) is 35.3 Å². The van der Waals surface area contributed by atoms with Crippen molar-refractivity contribution in [1.29, 1.82) is 0 Å². The largest absolute Gasteiger partial charge is 0.265 e. The van der Waals surface area contributed by atoms with Crippen LogP contribution < -0.4 is 0 Å². The van der Waals surface area contributed by atoms with E-state index in [1.807, 2.05) is 24.3 Å². The van der Waals surface area contributed by atoms with Gasteiger partial charge < -0.3 is 0 Å². The number of aromatic nitrogens is 2. The van der Waals surface area contributed by atoms with E-state index in [0.717, 1.165) is 5.56 Å². The Balaban J connectivity index is 2.21. The molecule has 1 heterocycles. The molecule has 3 nitrogen and oxygen atoms in total. The first-order valence-electron chi connectivity index (χ1n) is 4.74. The maximum Gasteiger partial charge on any atom is 0.202 e. The Bertz CT molecular complexity index is 571. The highest BCUT2D eigenvalue weighted by molar-refractivity contribution is 7.78. The van der Waals surface area contributed by atoms with Gasteiger partial charge in [0.15, 0.2) is 0 Å². The second-order valence-electron chi connectivity index (χ2n) is 3.33. The van der Waals surface area contributed by atoms with Crippen LogP contribution in [0.25, 0.3) is 0 Å². The second kappa shape index (κ2) is 5.43. The zero-order valence-electron chi connectivity index (χ0n) is 8.60. The first-order chi connectivity index (χ1) is 8.19. The zero-order valence-corrected chi connectivity index (χ0v) is 10.9. The summed E-state index contributed by atoms with van der Waals surface area (Å²) in [5, 5.41) is 7.57. The molecule has 86 valence electrons. The van der Waals surface area contributed by atoms with E-state index in [2.05, 4.69) is 27.5 Å². The van der Waals surface area contributed by atoms with E-state index in [-0.39, 0.29) is 0 Å². The molecule has 0 spiro atoms. The predicted octanol–water partition coefficient (Wildman–Crippen LogP) is 3.97. The van der Waals surface area contributed by atoms with Crippen LogP contribution in [0.1, 0.15) is 5.56 Å². The summed E-state index contributed by atoms with van der Waals surface area (Å²) in [6, 6.07) is 7.52. The lowest BCUT2D eigenvalue weighted by molar-refractivity contribution is 0.688. The van der Waals surface area contributed by atoms with E-state index >= 15 is 0 Å². The van der Waals surface area contributed by atoms with Gasteiger partial charge >= 0.3 is 0 Å². The molecular weight excluding hydrogens is 277 g/mol. The molecule has 0 bridgehead atoms. The Morgan fingerprint density at radius 1 is 1.29 bits per heavy atom. The lowest BCUT2D eigenvalue weighted by Crippen LogP contribution is -1.99. The van der Waals surface area contributed by atoms with Crippen LogP contribution in [0, 0.1) is 0 Å². The first-order valence-corrected chi connectivity index (χ1v) is 5.91. The molecule has 0 radical (unpaired) electrons. The van der Waals surface area contributed by atoms with Crippen molar-refractivity contribution in [1.82, 2.24) is 9.78 Å². The van der Waals surface area contributed by atoms with Crippen molar-refractivity contribution >= 4 is 46.4 Å². The summed E-state index contributed by atoms with van der Waals surface area (Å²) in [5.74, 6) is 0.385. The molecule has 6 heteroatoms. The van der Waals surface area contributed by atoms with Crippen LogP contribution in [0.3, 0.4) is 0 Å². The van der Waals surface area contributed by atoms with Gasteiger partial charge in [-0.25, -0.2) is 0 Å². The van der Waals surface area contributed by atoms with Crippen LogP contribution in [0.5, 0.6) is 0 Å². The first kappa shape index (κ1) is 12.3. The van der Waals surface area contributed by atoms with Crippen molar-refractivity contribution < 1.29 is 0 Å². The number of aliphatic imine (C=N–C) groups is 1. The Labute approximate surface area is 114 Å². The number of nitrogens with zero attached hydrogens (tertiary/aromatic N) is 3. The molecule has 1 aromatic heterocycles. The molecule has 0 unspecified atom stereocenters. The van der Waals surface area contributed by atoms with Gasteiger partial charge in [0.1, 0.15) is 5.02 Å². The van der Waals surface area contributed by atoms with E-state index in [0.29, 0.717) is 22.4 Å². The SMILES string of the molecule is S=C=Nc1nn(Cc2ccc(Cl)cc2)cc1Cl. The maximum atomic E-state index is 5.93. The average molecular weight is 284 g/mol. The highest BCUT2D eigenvalue weighted by atomic mass is 35.5. The van der Waals surface area contributed by atoms with Gasteiger partial charge in [-0.05, 0) is 29.9 Å². The molecule has 0 aliphatic rings. The third-order valence-corrected chi connectivity index (χ3v) is 2.72. The van der Waals surface area contributed by atoms with Crippen LogP contribution in [-0.4, -0.2) is 14.9 Å². The Morgan fingerprint density at radius 2 is 2.00 bits per heavy atom. The summed E-state index contributed by atoms with van der Waals surface area (Å²) in [5.41, 5.74) is 1.08. The number of thiocarbonyl (C=S) groups is 1. The fraction of sp³-hybridized carbons (Fsp3) is 0.0909. The normalized spacial score (nSPS) is 10.0. The van der Waals surface area contributed by atoms with Crippen molar-refractivity contribution in [2.75, 3.05) is 0 Å². The van der Waals surface area contributed by atoms with Crippen LogP contribution in [-0.2, 0) is 6.54 Å². The molecule has 0 aliphatic carbocycles. The number of isothiocyanates is 1. The van der Waals surface area contributed by atoms with Gasteiger partial charge in [0.25, 0.3) is 0 Å². The molecule has 2 rings (SSSR count). The van der Waals surface area contributed by atoms with Gasteiger partial charge in [0.05, 0.1) is 11.7 Å². The molecule has 0 atom stereocenters. The number of hydrogen-bond donors (Lipinski definition) is 0. The molecular formula is C11H7Cl2N3S. The lowest BCUT2D eigenvalue weighted by atomic mass is 10.2. The van der Waals surface area contributed by atoms with E-state index < -0.39 is 0 Å². The summed E-state index contributed by atoms with van der Waals surface area (Å²) < 4.78 is 1.69. The van der Waals surface area contributed by atoms with Crippen molar-refractivity contribution in [2.24, 2.45) is 4.99 Å². The number of hydrogen-bond acceptors (Lipinski definition) is 3. The predicted molar refractivity (Wildman–Crippen MR) is 72.5 cm³/mol. The molecule has 0 aliphatic heterocycles. The van der Waals surface area contributed by atoms with Crippen LogP contribution in [0.15, 0.2) is 35.5 Å². The zero-order chi connectivity index (χ0) is 12.3. The number of benzene rings is 1. The minimum Gasteiger partial charge on any atom is -0.265 e. The molecule has 1 aromatic carbocycles. The Hall–Kier alpha value is -1.19. The molecule has 0 saturated carbocycles. The third kappa shape index (κ3) is 3.14. The van der Waals surface area contributed by atoms with Crippen molar-refractivity contribution in [3.8, 4) is 0 Å². The minimum absolute atomic E-state index is 0.385. The van der Waals surface area contributed by atoms with E-state index in [1.165, 1.54) is 0 Å². The summed E-state index contributed by atoms with van der Waals surface area (Å²) in [6.07, 6.45) is 1.70. The van der Waals surface area contributed by atoms with Gasteiger partial charge in [-0.3, -0.25) is 4.68 Å². The molecule has 0 fully saturated rings. The smallest absolute Gasteiger partial charge is 0.202 e. The van der Waals surface area contributed by atoms with E-state index in [9.17, 15) is 0 Å². The van der Waals surface area contributed by atoms with Crippen LogP contribution in [0.2, 0.25) is 10.0 Å². The van der Waals surface area contributed by atoms with Gasteiger partial charge in [-0.2, -0.15) is 10.1 Å². The Kier molecular flexibility index (Phi) is 3.92. The summed E-state index contributed by atoms with van der Waals surface area (Å²) in [7, 11) is 0. The van der Waals surface area contributed by atoms with Gasteiger partial charge in [0, 0.05) is 11.2 Å². The monoisotopic (exact) mass is 283 g/mol. The number of halogens is 2. The fourth-order valence-corrected chi connectivity index (χ4v) is 1.77. The second-order valence-corrected chi connectivity index (χ2v) is 4.35. The summed E-state index contributed by atoms with van der Waals surface area (Å²) in [4.78, 5) is 3.76. The summed E-state index contributed by atoms with van der Waals surface area (Å²) in [6.45, 7) is 0.601. The highest BCUT2D eigenvalue weighted by Crippen LogP contribution is 2.22. The average Bonchev–Trinajstić information content (AvgIpc) is 2.63. The van der Waals surface area contributed by atoms with Gasteiger partial charge in [0.2, 0.25) is 5.82 Å². The van der Waals surface area contributed by atoms with Crippen LogP contribution in [0.4, 0.5) is 5.82 Å². The van der Waals surface area contributed by atoms with Crippen molar-refractivity contribution in [3.05, 3.63) is 46.1 Å². The topological polar surface area (TPSA) is 30.2 Å². The molecule has 0 amide bonds. The quantitative estimate of drug-likeness (QED) is 0.630. The van der Waals surface area contributed by atoms with Gasteiger partial charge in [-0.15, -0.1) is 0 Å². The van der Waals surface area contributed by atoms with E-state index in [1.54, 1.807) is 10.9 Å². The standard InChI is InChI=1S/C11H7Cl2N3S/c12-9-3-1-8(2-4-9)5-16-6-10(13)11(15-16)14-7-17/h1-4,6H,5H2.